The van der Waals surface area contributed by atoms with Crippen LogP contribution in [0.25, 0.3) is 0 Å². The molecule has 8 bridgehead atoms. The van der Waals surface area contributed by atoms with E-state index in [9.17, 15) is 0 Å². The molecule has 1 saturated heterocycles. The maximum atomic E-state index is 2.88. The van der Waals surface area contributed by atoms with Gasteiger partial charge in [-0.15, -0.1) is 0 Å². The molecule has 0 amide bonds. The Labute approximate surface area is 216 Å². The Balaban J connectivity index is 1.27. The van der Waals surface area contributed by atoms with Gasteiger partial charge >= 0.3 is 0 Å². The Morgan fingerprint density at radius 2 is 1.00 bits per heavy atom. The molecule has 35 heavy (non-hydrogen) atoms. The zero-order valence-electron chi connectivity index (χ0n) is 22.4. The van der Waals surface area contributed by atoms with Crippen molar-refractivity contribution in [3.8, 4) is 0 Å². The lowest BCUT2D eigenvalue weighted by Gasteiger charge is -2.67. The molecule has 1 nitrogen and oxygen atoms in total. The van der Waals surface area contributed by atoms with Crippen LogP contribution in [-0.2, 0) is 0 Å². The summed E-state index contributed by atoms with van der Waals surface area (Å²) in [5, 5.41) is 3.25. The van der Waals surface area contributed by atoms with Crippen molar-refractivity contribution < 1.29 is 0 Å². The molecule has 0 radical (unpaired) electrons. The van der Waals surface area contributed by atoms with E-state index in [1.54, 1.807) is 82.7 Å². The standard InChI is InChI=1S/C33H48NP/c1-22-7-23(2)21-34(20-22)30-5-3-4-6-31(30)35(32-14-24-8-25(15-32)10-26(9-24)16-32)33-17-27-11-28(18-33)13-29(12-27)19-33/h3-6,22-29H,7-21H2,1-2H3. The number of anilines is 1. The third-order valence-corrected chi connectivity index (χ3v) is 16.1. The first-order valence-electron chi connectivity index (χ1n) is 15.6. The summed E-state index contributed by atoms with van der Waals surface area (Å²) in [4.78, 5) is 2.88. The Morgan fingerprint density at radius 3 is 1.43 bits per heavy atom. The van der Waals surface area contributed by atoms with Crippen LogP contribution in [0.1, 0.15) is 97.3 Å². The van der Waals surface area contributed by atoms with E-state index in [1.165, 1.54) is 19.5 Å². The second kappa shape index (κ2) is 7.98. The van der Waals surface area contributed by atoms with Gasteiger partial charge in [-0.1, -0.05) is 40.0 Å². The third kappa shape index (κ3) is 3.56. The third-order valence-electron chi connectivity index (χ3n) is 12.3. The minimum atomic E-state index is -0.120. The van der Waals surface area contributed by atoms with Crippen molar-refractivity contribution in [3.05, 3.63) is 24.3 Å². The molecule has 9 fully saturated rings. The fraction of sp³-hybridized carbons (Fsp3) is 0.818. The highest BCUT2D eigenvalue weighted by molar-refractivity contribution is 7.69. The summed E-state index contributed by atoms with van der Waals surface area (Å²) in [5.74, 6) is 8.09. The largest absolute Gasteiger partial charge is 0.370 e. The lowest BCUT2D eigenvalue weighted by atomic mass is 9.55. The van der Waals surface area contributed by atoms with Gasteiger partial charge in [-0.3, -0.25) is 0 Å². The van der Waals surface area contributed by atoms with Crippen LogP contribution < -0.4 is 10.2 Å². The summed E-state index contributed by atoms with van der Waals surface area (Å²) in [6, 6.07) is 10.1. The van der Waals surface area contributed by atoms with Gasteiger partial charge in [-0.05, 0) is 147 Å². The van der Waals surface area contributed by atoms with Crippen LogP contribution in [0.4, 0.5) is 5.69 Å². The van der Waals surface area contributed by atoms with Gasteiger partial charge in [0.25, 0.3) is 0 Å². The van der Waals surface area contributed by atoms with Gasteiger partial charge < -0.3 is 4.90 Å². The molecule has 8 aliphatic carbocycles. The molecule has 1 aliphatic heterocycles. The molecule has 1 heterocycles. The van der Waals surface area contributed by atoms with Crippen LogP contribution in [0.15, 0.2) is 24.3 Å². The van der Waals surface area contributed by atoms with Gasteiger partial charge in [-0.25, -0.2) is 0 Å². The Kier molecular flexibility index (Phi) is 5.11. The van der Waals surface area contributed by atoms with Crippen molar-refractivity contribution in [2.75, 3.05) is 18.0 Å². The van der Waals surface area contributed by atoms with Gasteiger partial charge in [0.2, 0.25) is 0 Å². The lowest BCUT2D eigenvalue weighted by molar-refractivity contribution is 0.0195. The van der Waals surface area contributed by atoms with E-state index in [2.05, 4.69) is 43.0 Å². The fourth-order valence-corrected chi connectivity index (χ4v) is 17.8. The molecule has 1 aromatic rings. The highest BCUT2D eigenvalue weighted by Crippen LogP contribution is 2.78. The summed E-state index contributed by atoms with van der Waals surface area (Å²) in [6.07, 6.45) is 20.6. The van der Waals surface area contributed by atoms with Crippen molar-refractivity contribution >= 4 is 18.9 Å². The first-order valence-corrected chi connectivity index (χ1v) is 17.0. The molecule has 0 aromatic heterocycles. The van der Waals surface area contributed by atoms with Crippen LogP contribution in [-0.4, -0.2) is 23.4 Å². The van der Waals surface area contributed by atoms with E-state index >= 15 is 0 Å². The molecule has 0 spiro atoms. The van der Waals surface area contributed by atoms with E-state index in [4.69, 9.17) is 0 Å². The SMILES string of the molecule is CC1CC(C)CN(c2ccccc2P(C23CC4CC(CC(C4)C2)C3)C23CC4CC(CC(C4)C2)C3)C1. The van der Waals surface area contributed by atoms with Gasteiger partial charge in [0.15, 0.2) is 0 Å². The average molecular weight is 490 g/mol. The van der Waals surface area contributed by atoms with Crippen molar-refractivity contribution in [1.29, 1.82) is 0 Å². The molecule has 2 atom stereocenters. The molecule has 2 unspecified atom stereocenters. The van der Waals surface area contributed by atoms with Gasteiger partial charge in [0, 0.05) is 24.1 Å². The van der Waals surface area contributed by atoms with E-state index in [0.717, 1.165) is 47.3 Å². The maximum Gasteiger partial charge on any atom is 0.0444 e. The van der Waals surface area contributed by atoms with Crippen molar-refractivity contribution in [1.82, 2.24) is 0 Å². The van der Waals surface area contributed by atoms with Crippen molar-refractivity contribution in [2.24, 2.45) is 47.3 Å². The summed E-state index contributed by atoms with van der Waals surface area (Å²) >= 11 is 0. The van der Waals surface area contributed by atoms with Crippen LogP contribution in [0.5, 0.6) is 0 Å². The predicted molar refractivity (Wildman–Crippen MR) is 150 cm³/mol. The molecule has 10 rings (SSSR count). The van der Waals surface area contributed by atoms with Crippen LogP contribution in [0.2, 0.25) is 0 Å². The first kappa shape index (κ1) is 22.4. The highest BCUT2D eigenvalue weighted by Gasteiger charge is 2.63. The lowest BCUT2D eigenvalue weighted by Crippen LogP contribution is -2.58. The van der Waals surface area contributed by atoms with E-state index in [0.29, 0.717) is 10.3 Å². The predicted octanol–water partition coefficient (Wildman–Crippen LogP) is 8.21. The molecular formula is C33H48NP. The van der Waals surface area contributed by atoms with Gasteiger partial charge in [0.05, 0.1) is 0 Å². The molecule has 8 saturated carbocycles. The molecule has 190 valence electrons. The quantitative estimate of drug-likeness (QED) is 0.385. The summed E-state index contributed by atoms with van der Waals surface area (Å²) in [5.41, 5.74) is 1.70. The van der Waals surface area contributed by atoms with E-state index in [-0.39, 0.29) is 7.92 Å². The van der Waals surface area contributed by atoms with E-state index < -0.39 is 0 Å². The average Bonchev–Trinajstić information content (AvgIpc) is 2.76. The first-order chi connectivity index (χ1) is 17.0. The van der Waals surface area contributed by atoms with Crippen LogP contribution in [0, 0.1) is 47.3 Å². The fourth-order valence-electron chi connectivity index (χ4n) is 12.5. The molecule has 0 N–H and O–H groups in total. The number of hydrogen-bond donors (Lipinski definition) is 0. The Morgan fingerprint density at radius 1 is 0.600 bits per heavy atom. The van der Waals surface area contributed by atoms with E-state index in [1.807, 2.05) is 5.30 Å². The number of para-hydroxylation sites is 1. The summed E-state index contributed by atoms with van der Waals surface area (Å²) in [6.45, 7) is 7.58. The monoisotopic (exact) mass is 489 g/mol. The topological polar surface area (TPSA) is 3.24 Å². The number of piperidine rings is 1. The Hall–Kier alpha value is -0.550. The normalized spacial score (nSPS) is 50.6. The minimum absolute atomic E-state index is 0.120. The van der Waals surface area contributed by atoms with Crippen molar-refractivity contribution in [2.45, 2.75) is 108 Å². The van der Waals surface area contributed by atoms with Crippen molar-refractivity contribution in [3.63, 3.8) is 0 Å². The number of rotatable bonds is 4. The zero-order chi connectivity index (χ0) is 23.4. The van der Waals surface area contributed by atoms with Crippen LogP contribution in [0.3, 0.4) is 0 Å². The molecular weight excluding hydrogens is 441 g/mol. The van der Waals surface area contributed by atoms with Gasteiger partial charge in [0.1, 0.15) is 0 Å². The van der Waals surface area contributed by atoms with Crippen LogP contribution >= 0.6 is 7.92 Å². The second-order valence-electron chi connectivity index (χ2n) is 15.5. The second-order valence-corrected chi connectivity index (χ2v) is 18.5. The molecule has 9 aliphatic rings. The number of nitrogens with zero attached hydrogens (tertiary/aromatic N) is 1. The minimum Gasteiger partial charge on any atom is -0.370 e. The number of hydrogen-bond acceptors (Lipinski definition) is 1. The number of benzene rings is 1. The summed E-state index contributed by atoms with van der Waals surface area (Å²) < 4.78 is 0. The zero-order valence-corrected chi connectivity index (χ0v) is 23.3. The van der Waals surface area contributed by atoms with Gasteiger partial charge in [-0.2, -0.15) is 0 Å². The molecule has 2 heteroatoms. The maximum absolute atomic E-state index is 2.88. The summed E-state index contributed by atoms with van der Waals surface area (Å²) in [7, 11) is -0.120. The molecule has 1 aromatic carbocycles. The smallest absolute Gasteiger partial charge is 0.0444 e. The Bertz CT molecular complexity index is 856. The highest BCUT2D eigenvalue weighted by atomic mass is 31.1.